The molecule has 2 aromatic heterocycles. The molecule has 0 unspecified atom stereocenters. The van der Waals surface area contributed by atoms with Crippen molar-refractivity contribution in [2.45, 2.75) is 6.92 Å². The minimum Gasteiger partial charge on any atom is -0.141 e. The number of fused-ring (bicyclic) bond motifs is 3. The highest BCUT2D eigenvalue weighted by atomic mass is 32.1. The quantitative estimate of drug-likeness (QED) is 0.395. The molecule has 0 amide bonds. The van der Waals surface area contributed by atoms with Gasteiger partial charge in [0.25, 0.3) is 0 Å². The Morgan fingerprint density at radius 2 is 1.58 bits per heavy atom. The highest BCUT2D eigenvalue weighted by Crippen LogP contribution is 2.37. The number of rotatable bonds is 1. The van der Waals surface area contributed by atoms with Crippen LogP contribution < -0.4 is 0 Å². The summed E-state index contributed by atoms with van der Waals surface area (Å²) >= 11 is 3.74. The van der Waals surface area contributed by atoms with Gasteiger partial charge in [-0.15, -0.1) is 22.7 Å². The van der Waals surface area contributed by atoms with E-state index < -0.39 is 0 Å². The van der Waals surface area contributed by atoms with E-state index in [0.29, 0.717) is 0 Å². The van der Waals surface area contributed by atoms with E-state index in [4.69, 9.17) is 0 Å². The van der Waals surface area contributed by atoms with Gasteiger partial charge in [-0.05, 0) is 36.8 Å². The van der Waals surface area contributed by atoms with Crippen LogP contribution in [0.2, 0.25) is 0 Å². The molecule has 0 radical (unpaired) electrons. The molecular formula is C17H12S2. The summed E-state index contributed by atoms with van der Waals surface area (Å²) in [5.41, 5.74) is 1.33. The Bertz CT molecular complexity index is 880. The first-order valence-corrected chi connectivity index (χ1v) is 7.93. The van der Waals surface area contributed by atoms with Crippen LogP contribution in [0.3, 0.4) is 0 Å². The number of benzene rings is 2. The van der Waals surface area contributed by atoms with E-state index in [9.17, 15) is 0 Å². The molecular weight excluding hydrogens is 268 g/mol. The van der Waals surface area contributed by atoms with Crippen LogP contribution in [0.15, 0.2) is 54.6 Å². The molecule has 0 N–H and O–H groups in total. The van der Waals surface area contributed by atoms with Crippen LogP contribution in [0.1, 0.15) is 4.88 Å². The van der Waals surface area contributed by atoms with E-state index in [2.05, 4.69) is 61.5 Å². The van der Waals surface area contributed by atoms with Crippen molar-refractivity contribution in [3.63, 3.8) is 0 Å². The van der Waals surface area contributed by atoms with E-state index >= 15 is 0 Å². The molecule has 92 valence electrons. The average molecular weight is 280 g/mol. The fourth-order valence-electron chi connectivity index (χ4n) is 2.47. The lowest BCUT2D eigenvalue weighted by atomic mass is 10.1. The fourth-order valence-corrected chi connectivity index (χ4v) is 4.48. The summed E-state index contributed by atoms with van der Waals surface area (Å²) < 4.78 is 2.75. The van der Waals surface area contributed by atoms with Gasteiger partial charge in [0.05, 0.1) is 0 Å². The maximum atomic E-state index is 2.32. The molecule has 4 aromatic rings. The van der Waals surface area contributed by atoms with Crippen molar-refractivity contribution in [1.29, 1.82) is 0 Å². The largest absolute Gasteiger partial charge is 0.141 e. The molecule has 2 aromatic carbocycles. The summed E-state index contributed by atoms with van der Waals surface area (Å²) in [6.07, 6.45) is 0. The topological polar surface area (TPSA) is 0 Å². The van der Waals surface area contributed by atoms with Gasteiger partial charge in [0.1, 0.15) is 0 Å². The third kappa shape index (κ3) is 1.79. The van der Waals surface area contributed by atoms with Crippen LogP contribution >= 0.6 is 22.7 Å². The highest BCUT2D eigenvalue weighted by Gasteiger charge is 2.07. The molecule has 0 aliphatic heterocycles. The molecule has 2 heteroatoms. The highest BCUT2D eigenvalue weighted by molar-refractivity contribution is 7.25. The van der Waals surface area contributed by atoms with Crippen molar-refractivity contribution in [3.05, 3.63) is 59.5 Å². The van der Waals surface area contributed by atoms with Gasteiger partial charge < -0.3 is 0 Å². The molecule has 0 aliphatic carbocycles. The maximum absolute atomic E-state index is 2.32. The summed E-state index contributed by atoms with van der Waals surface area (Å²) in [7, 11) is 0. The Morgan fingerprint density at radius 1 is 0.737 bits per heavy atom. The van der Waals surface area contributed by atoms with Crippen molar-refractivity contribution in [1.82, 2.24) is 0 Å². The standard InChI is InChI=1S/C17H12S2/c1-11-6-9-15(18-11)12-7-8-14-13-4-2-3-5-16(13)19-17(14)10-12/h2-10H,1H3. The summed E-state index contributed by atoms with van der Waals surface area (Å²) in [5, 5.41) is 2.74. The molecule has 0 nitrogen and oxygen atoms in total. The molecule has 4 rings (SSSR count). The lowest BCUT2D eigenvalue weighted by Crippen LogP contribution is -1.71. The van der Waals surface area contributed by atoms with Crippen LogP contribution in [0.5, 0.6) is 0 Å². The molecule has 0 bridgehead atoms. The Hall–Kier alpha value is -1.64. The van der Waals surface area contributed by atoms with Crippen LogP contribution in [0, 0.1) is 6.92 Å². The van der Waals surface area contributed by atoms with Gasteiger partial charge in [0, 0.05) is 29.9 Å². The zero-order valence-corrected chi connectivity index (χ0v) is 12.1. The summed E-state index contributed by atoms with van der Waals surface area (Å²) in [5.74, 6) is 0. The lowest BCUT2D eigenvalue weighted by Gasteiger charge is -1.97. The van der Waals surface area contributed by atoms with E-state index in [1.165, 1.54) is 35.5 Å². The van der Waals surface area contributed by atoms with Gasteiger partial charge >= 0.3 is 0 Å². The number of aryl methyl sites for hydroxylation is 1. The predicted molar refractivity (Wildman–Crippen MR) is 87.4 cm³/mol. The van der Waals surface area contributed by atoms with Crippen LogP contribution in [-0.4, -0.2) is 0 Å². The Kier molecular flexibility index (Phi) is 2.47. The van der Waals surface area contributed by atoms with Crippen LogP contribution in [-0.2, 0) is 0 Å². The monoisotopic (exact) mass is 280 g/mol. The molecule has 0 spiro atoms. The van der Waals surface area contributed by atoms with E-state index in [-0.39, 0.29) is 0 Å². The summed E-state index contributed by atoms with van der Waals surface area (Å²) in [6, 6.07) is 19.9. The second-order valence-corrected chi connectivity index (χ2v) is 7.09. The smallest absolute Gasteiger partial charge is 0.0361 e. The van der Waals surface area contributed by atoms with Gasteiger partial charge in [-0.3, -0.25) is 0 Å². The normalized spacial score (nSPS) is 11.4. The van der Waals surface area contributed by atoms with Crippen molar-refractivity contribution in [2.24, 2.45) is 0 Å². The fraction of sp³-hybridized carbons (Fsp3) is 0.0588. The van der Waals surface area contributed by atoms with Gasteiger partial charge in [0.15, 0.2) is 0 Å². The average Bonchev–Trinajstić information content (AvgIpc) is 3.01. The van der Waals surface area contributed by atoms with E-state index in [0.717, 1.165) is 0 Å². The van der Waals surface area contributed by atoms with Crippen LogP contribution in [0.25, 0.3) is 30.6 Å². The SMILES string of the molecule is Cc1ccc(-c2ccc3c(c2)sc2ccccc23)s1. The zero-order chi connectivity index (χ0) is 12.8. The predicted octanol–water partition coefficient (Wildman–Crippen LogP) is 6.09. The third-order valence-electron chi connectivity index (χ3n) is 3.40. The summed E-state index contributed by atoms with van der Waals surface area (Å²) in [4.78, 5) is 2.73. The Labute approximate surface area is 119 Å². The van der Waals surface area contributed by atoms with Crippen molar-refractivity contribution in [3.8, 4) is 10.4 Å². The summed E-state index contributed by atoms with van der Waals surface area (Å²) in [6.45, 7) is 2.16. The van der Waals surface area contributed by atoms with Crippen molar-refractivity contribution < 1.29 is 0 Å². The van der Waals surface area contributed by atoms with E-state index in [1.54, 1.807) is 0 Å². The Balaban J connectivity index is 1.99. The molecule has 0 atom stereocenters. The lowest BCUT2D eigenvalue weighted by molar-refractivity contribution is 1.64. The molecule has 0 saturated heterocycles. The zero-order valence-electron chi connectivity index (χ0n) is 10.5. The molecule has 0 saturated carbocycles. The first kappa shape index (κ1) is 11.2. The number of hydrogen-bond donors (Lipinski definition) is 0. The van der Waals surface area contributed by atoms with Crippen LogP contribution in [0.4, 0.5) is 0 Å². The second kappa shape index (κ2) is 4.19. The first-order chi connectivity index (χ1) is 9.31. The van der Waals surface area contributed by atoms with Gasteiger partial charge in [0.2, 0.25) is 0 Å². The molecule has 0 aliphatic rings. The van der Waals surface area contributed by atoms with Gasteiger partial charge in [-0.25, -0.2) is 0 Å². The maximum Gasteiger partial charge on any atom is 0.0361 e. The van der Waals surface area contributed by atoms with Gasteiger partial charge in [-0.1, -0.05) is 30.3 Å². The second-order valence-electron chi connectivity index (χ2n) is 4.72. The number of thiophene rings is 2. The minimum absolute atomic E-state index is 1.33. The van der Waals surface area contributed by atoms with Crippen molar-refractivity contribution >= 4 is 42.8 Å². The van der Waals surface area contributed by atoms with E-state index in [1.807, 2.05) is 22.7 Å². The van der Waals surface area contributed by atoms with Crippen molar-refractivity contribution in [2.75, 3.05) is 0 Å². The number of hydrogen-bond acceptors (Lipinski definition) is 2. The third-order valence-corrected chi connectivity index (χ3v) is 5.59. The molecule has 2 heterocycles. The molecule has 0 fully saturated rings. The Morgan fingerprint density at radius 3 is 2.42 bits per heavy atom. The minimum atomic E-state index is 1.33. The first-order valence-electron chi connectivity index (χ1n) is 6.29. The molecule has 19 heavy (non-hydrogen) atoms. The van der Waals surface area contributed by atoms with Gasteiger partial charge in [-0.2, -0.15) is 0 Å².